The molecule has 0 saturated carbocycles. The SMILES string of the molecule is CC(C)(C)C1(C)c2ccccc2-c2cc3oc4c(-c5nc(-c6ccccc6)nc(-c6cc7ccccc7c7ccccc67)n5)cccc4c3cc21.CC(C)C1(C(C)C)c2ccccc2-c2c1cc1c(oc3ccccc31)c2-c1nc(-c2ccccc2)nc(-c2ccccc2)n1.CC1(c2ccccc2)c2ccccc2-c2c1cc1c(oc3ccccc31)c2-c1nc(-c2ccccc2)nc(-c2cccc3ccccc23)n1. The standard InChI is InChI=1S/C47H35N3O.C45H29N3O.C40H33N3O/c1-46(2,3)47(4)39-24-13-12-21-33(39)36-27-41-37(26-40(36)47)34-22-14-23-35(42(34)51-41)44-48-43(28-15-6-5-7-16-28)49-45(50-44)38-25-29-17-8-9-18-30(29)31-19-10-11-20-32(31)38;1-45(30-19-6-3-7-20-30)36-25-12-10-23-34(36)39-37(45)27-35-32-22-11-13-26-38(32)49-41(35)40(39)44-47-42(29-16-4-2-5-17-29)46-43(48-44)33-24-14-18-28-15-8-9-21-31(28)33;1-24(2)40(25(3)4)31-21-13-11-20-29(31)34-32(40)23-30-28-19-12-14-22-33(28)44-36(30)35(34)39-42-37(26-15-7-5-8-16-26)41-38(43-39)27-17-9-6-10-18-27/h5-27H,1-4H3;2-27H,1H3;5-25H,1-4H3. The van der Waals surface area contributed by atoms with E-state index in [2.05, 4.69) is 384 Å². The third-order valence-electron chi connectivity index (χ3n) is 31.1. The highest BCUT2D eigenvalue weighted by Gasteiger charge is 2.52. The number of hydrogen-bond acceptors (Lipinski definition) is 12. The highest BCUT2D eigenvalue weighted by Crippen LogP contribution is 2.63. The summed E-state index contributed by atoms with van der Waals surface area (Å²) in [6.45, 7) is 21.2. The second-order valence-electron chi connectivity index (χ2n) is 40.3. The van der Waals surface area contributed by atoms with Gasteiger partial charge in [0.2, 0.25) is 0 Å². The molecular weight excluding hydrogens is 1760 g/mol. The van der Waals surface area contributed by atoms with E-state index in [1.165, 1.54) is 72.0 Å². The minimum Gasteiger partial charge on any atom is -0.455 e. The predicted octanol–water partition coefficient (Wildman–Crippen LogP) is 34.0. The van der Waals surface area contributed by atoms with E-state index in [-0.39, 0.29) is 16.2 Å². The molecule has 0 saturated heterocycles. The summed E-state index contributed by atoms with van der Waals surface area (Å²) in [5.41, 5.74) is 28.8. The molecule has 0 aliphatic heterocycles. The third kappa shape index (κ3) is 13.6. The Balaban J connectivity index is 0.000000111. The van der Waals surface area contributed by atoms with Gasteiger partial charge >= 0.3 is 0 Å². The van der Waals surface area contributed by atoms with E-state index >= 15 is 0 Å². The average Bonchev–Trinajstić information content (AvgIpc) is 1.53. The molecular formula is C132H97N9O3. The lowest BCUT2D eigenvalue weighted by Crippen LogP contribution is -2.37. The van der Waals surface area contributed by atoms with Gasteiger partial charge in [-0.3, -0.25) is 0 Å². The van der Waals surface area contributed by atoms with E-state index in [0.29, 0.717) is 64.3 Å². The molecule has 2 atom stereocenters. The fourth-order valence-electron chi connectivity index (χ4n) is 23.9. The molecule has 0 bridgehead atoms. The Hall–Kier alpha value is -17.6. The molecule has 144 heavy (non-hydrogen) atoms. The van der Waals surface area contributed by atoms with Crippen LogP contribution in [-0.4, -0.2) is 44.9 Å². The minimum atomic E-state index is -0.414. The second-order valence-corrected chi connectivity index (χ2v) is 40.3. The van der Waals surface area contributed by atoms with Gasteiger partial charge in [-0.2, -0.15) is 0 Å². The lowest BCUT2D eigenvalue weighted by atomic mass is 9.62. The van der Waals surface area contributed by atoms with Gasteiger partial charge in [0.15, 0.2) is 52.4 Å². The molecule has 28 rings (SSSR count). The number of rotatable bonds is 12. The van der Waals surface area contributed by atoms with Crippen LogP contribution in [0.1, 0.15) is 101 Å². The zero-order valence-corrected chi connectivity index (χ0v) is 81.2. The zero-order valence-electron chi connectivity index (χ0n) is 81.2. The number of furan rings is 3. The fraction of sp³-hybridized carbons (Fsp3) is 0.114. The maximum atomic E-state index is 6.85. The van der Waals surface area contributed by atoms with Crippen LogP contribution >= 0.6 is 0 Å². The summed E-state index contributed by atoms with van der Waals surface area (Å²) in [6, 6.07) is 144. The normalized spacial score (nSPS) is 14.8. The summed E-state index contributed by atoms with van der Waals surface area (Å²) in [5, 5.41) is 13.3. The predicted molar refractivity (Wildman–Crippen MR) is 587 cm³/mol. The van der Waals surface area contributed by atoms with Crippen molar-refractivity contribution in [1.82, 2.24) is 44.9 Å². The monoisotopic (exact) mass is 1860 g/mol. The van der Waals surface area contributed by atoms with E-state index in [0.717, 1.165) is 149 Å². The van der Waals surface area contributed by atoms with Crippen molar-refractivity contribution >= 4 is 98.1 Å². The quantitative estimate of drug-likeness (QED) is 0.107. The van der Waals surface area contributed by atoms with Crippen LogP contribution in [0.5, 0.6) is 0 Å². The molecule has 0 radical (unpaired) electrons. The van der Waals surface area contributed by atoms with Gasteiger partial charge in [-0.1, -0.05) is 419 Å². The molecule has 0 N–H and O–H groups in total. The van der Waals surface area contributed by atoms with Crippen LogP contribution in [0.15, 0.2) is 426 Å². The lowest BCUT2D eigenvalue weighted by molar-refractivity contribution is 0.255. The number of benzene rings is 19. The van der Waals surface area contributed by atoms with Crippen molar-refractivity contribution in [2.24, 2.45) is 17.3 Å². The van der Waals surface area contributed by atoms with Crippen LogP contribution in [0.4, 0.5) is 0 Å². The summed E-state index contributed by atoms with van der Waals surface area (Å²) in [6.07, 6.45) is 0. The Bertz CT molecular complexity index is 9430. The van der Waals surface area contributed by atoms with Gasteiger partial charge in [-0.15, -0.1) is 0 Å². The molecule has 6 aromatic heterocycles. The van der Waals surface area contributed by atoms with E-state index in [1.54, 1.807) is 0 Å². The van der Waals surface area contributed by atoms with Crippen LogP contribution < -0.4 is 0 Å². The van der Waals surface area contributed by atoms with Gasteiger partial charge in [-0.25, -0.2) is 44.9 Å². The van der Waals surface area contributed by atoms with Gasteiger partial charge in [0.05, 0.1) is 16.7 Å². The van der Waals surface area contributed by atoms with Gasteiger partial charge in [0.25, 0.3) is 0 Å². The third-order valence-corrected chi connectivity index (χ3v) is 31.1. The van der Waals surface area contributed by atoms with Crippen molar-refractivity contribution in [3.8, 4) is 136 Å². The summed E-state index contributed by atoms with van der Waals surface area (Å²) in [5.74, 6) is 6.27. The smallest absolute Gasteiger partial charge is 0.168 e. The summed E-state index contributed by atoms with van der Waals surface area (Å²) in [4.78, 5) is 46.7. The molecule has 0 spiro atoms. The molecule has 3 aliphatic carbocycles. The van der Waals surface area contributed by atoms with Crippen LogP contribution in [0, 0.1) is 17.3 Å². The lowest BCUT2D eigenvalue weighted by Gasteiger charge is -2.41. The Morgan fingerprint density at radius 2 is 0.583 bits per heavy atom. The molecule has 6 heterocycles. The first-order valence-corrected chi connectivity index (χ1v) is 49.7. The number of aromatic nitrogens is 9. The fourth-order valence-corrected chi connectivity index (χ4v) is 23.9. The van der Waals surface area contributed by atoms with Gasteiger partial charge in [0, 0.05) is 93.1 Å². The molecule has 0 amide bonds. The molecule has 3 aliphatic rings. The summed E-state index contributed by atoms with van der Waals surface area (Å²) < 4.78 is 20.4. The second kappa shape index (κ2) is 33.9. The van der Waals surface area contributed by atoms with E-state index in [1.807, 2.05) is 91.0 Å². The van der Waals surface area contributed by atoms with Crippen LogP contribution in [-0.2, 0) is 16.2 Å². The van der Waals surface area contributed by atoms with Gasteiger partial charge < -0.3 is 13.3 Å². The van der Waals surface area contributed by atoms with Crippen molar-refractivity contribution < 1.29 is 13.3 Å². The molecule has 25 aromatic rings. The maximum Gasteiger partial charge on any atom is 0.168 e. The number of nitrogens with zero attached hydrogens (tertiary/aromatic N) is 9. The van der Waals surface area contributed by atoms with Gasteiger partial charge in [-0.05, 0) is 166 Å². The Labute approximate surface area is 833 Å². The minimum absolute atomic E-state index is 0.00517. The number of hydrogen-bond donors (Lipinski definition) is 0. The van der Waals surface area contributed by atoms with E-state index in [9.17, 15) is 0 Å². The average molecular weight is 1860 g/mol. The maximum absolute atomic E-state index is 6.85. The number of fused-ring (bicyclic) bond motifs is 22. The van der Waals surface area contributed by atoms with Crippen molar-refractivity contribution in [1.29, 1.82) is 0 Å². The molecule has 0 fully saturated rings. The first kappa shape index (κ1) is 86.7. The highest BCUT2D eigenvalue weighted by molar-refractivity contribution is 6.18. The molecule has 2 unspecified atom stereocenters. The molecule has 12 nitrogen and oxygen atoms in total. The highest BCUT2D eigenvalue weighted by atomic mass is 16.3. The van der Waals surface area contributed by atoms with E-state index in [4.69, 9.17) is 58.1 Å². The summed E-state index contributed by atoms with van der Waals surface area (Å²) >= 11 is 0. The van der Waals surface area contributed by atoms with Crippen molar-refractivity contribution in [2.45, 2.75) is 78.6 Å². The summed E-state index contributed by atoms with van der Waals surface area (Å²) in [7, 11) is 0. The largest absolute Gasteiger partial charge is 0.455 e. The van der Waals surface area contributed by atoms with E-state index < -0.39 is 5.41 Å². The number of para-hydroxylation sites is 3. The van der Waals surface area contributed by atoms with Crippen LogP contribution in [0.2, 0.25) is 0 Å². The first-order valence-electron chi connectivity index (χ1n) is 49.7. The molecule has 688 valence electrons. The van der Waals surface area contributed by atoms with Crippen LogP contribution in [0.25, 0.3) is 234 Å². The first-order chi connectivity index (χ1) is 70.5. The molecule has 12 heteroatoms. The van der Waals surface area contributed by atoms with Crippen molar-refractivity contribution in [3.05, 3.63) is 451 Å². The van der Waals surface area contributed by atoms with Crippen LogP contribution in [0.3, 0.4) is 0 Å². The zero-order chi connectivity index (χ0) is 97.0. The molecule has 19 aromatic carbocycles. The van der Waals surface area contributed by atoms with Crippen molar-refractivity contribution in [2.75, 3.05) is 0 Å². The van der Waals surface area contributed by atoms with Gasteiger partial charge in [0.1, 0.15) is 33.5 Å². The van der Waals surface area contributed by atoms with Crippen molar-refractivity contribution in [3.63, 3.8) is 0 Å². The Kier molecular flexibility index (Phi) is 20.4. The topological polar surface area (TPSA) is 155 Å². The Morgan fingerprint density at radius 3 is 1.15 bits per heavy atom. The Morgan fingerprint density at radius 1 is 0.215 bits per heavy atom.